The largest absolute Gasteiger partial charge is 0.342 e. The van der Waals surface area contributed by atoms with E-state index in [1.54, 1.807) is 53.4 Å². The normalized spacial score (nSPS) is 19.6. The molecule has 1 aliphatic heterocycles. The number of rotatable bonds is 10. The van der Waals surface area contributed by atoms with Crippen LogP contribution in [0.15, 0.2) is 61.2 Å². The van der Waals surface area contributed by atoms with Crippen LogP contribution in [0.25, 0.3) is 5.69 Å². The molecule has 2 N–H and O–H groups in total. The van der Waals surface area contributed by atoms with Crippen LogP contribution in [0.5, 0.6) is 0 Å². The zero-order valence-corrected chi connectivity index (χ0v) is 21.8. The van der Waals surface area contributed by atoms with E-state index in [2.05, 4.69) is 20.8 Å². The maximum absolute atomic E-state index is 13.4. The second-order valence-electron chi connectivity index (χ2n) is 10.1. The summed E-state index contributed by atoms with van der Waals surface area (Å²) in [4.78, 5) is 41.9. The first-order valence-electron chi connectivity index (χ1n) is 13.2. The molecule has 1 saturated carbocycles. The number of nitrogens with one attached hydrogen (secondary N) is 2. The van der Waals surface area contributed by atoms with Crippen molar-refractivity contribution in [3.8, 4) is 5.69 Å². The number of likely N-dealkylation sites (N-methyl/N-ethyl adjacent to an activating group) is 1. The van der Waals surface area contributed by atoms with Gasteiger partial charge < -0.3 is 20.4 Å². The Bertz CT molecular complexity index is 1300. The van der Waals surface area contributed by atoms with Gasteiger partial charge in [0.25, 0.3) is 5.91 Å². The van der Waals surface area contributed by atoms with E-state index in [4.69, 9.17) is 0 Å². The zero-order valence-electron chi connectivity index (χ0n) is 21.8. The fraction of sp³-hybridized carbons (Fsp3) is 0.393. The van der Waals surface area contributed by atoms with Crippen molar-refractivity contribution >= 4 is 17.7 Å². The molecule has 5 rings (SSSR count). The Hall–Kier alpha value is -4.12. The molecule has 1 saturated heterocycles. The summed E-state index contributed by atoms with van der Waals surface area (Å²) < 4.78 is 14.9. The second kappa shape index (κ2) is 11.7. The Kier molecular flexibility index (Phi) is 7.97. The predicted octanol–water partition coefficient (Wildman–Crippen LogP) is 1.73. The van der Waals surface area contributed by atoms with Gasteiger partial charge in [0.05, 0.1) is 6.54 Å². The Labute approximate surface area is 226 Å². The molecule has 0 unspecified atom stereocenters. The highest BCUT2D eigenvalue weighted by molar-refractivity contribution is 5.98. The lowest BCUT2D eigenvalue weighted by molar-refractivity contribution is -0.145. The van der Waals surface area contributed by atoms with Crippen LogP contribution in [0.4, 0.5) is 4.39 Å². The molecule has 2 heterocycles. The van der Waals surface area contributed by atoms with Crippen LogP contribution in [-0.2, 0) is 9.59 Å². The van der Waals surface area contributed by atoms with E-state index < -0.39 is 6.04 Å². The summed E-state index contributed by atoms with van der Waals surface area (Å²) in [7, 11) is 1.72. The van der Waals surface area contributed by atoms with Gasteiger partial charge in [0.2, 0.25) is 11.8 Å². The monoisotopic (exact) mass is 533 g/mol. The van der Waals surface area contributed by atoms with Gasteiger partial charge in [-0.1, -0.05) is 12.1 Å². The average molecular weight is 534 g/mol. The summed E-state index contributed by atoms with van der Waals surface area (Å²) in [6.45, 7) is 1.58. The lowest BCUT2D eigenvalue weighted by Crippen LogP contribution is -2.56. The minimum absolute atomic E-state index is 0.00894. The number of amides is 3. The van der Waals surface area contributed by atoms with Crippen LogP contribution in [0.2, 0.25) is 0 Å². The molecule has 2 aromatic carbocycles. The average Bonchev–Trinajstić information content (AvgIpc) is 3.50. The fourth-order valence-corrected chi connectivity index (χ4v) is 4.88. The summed E-state index contributed by atoms with van der Waals surface area (Å²) in [5.74, 6) is -0.598. The SMILES string of the molecule is CN1CCN(C(=O)[C@H](CCCN[C@@H]2C[C@H]2c2ccc(F)cc2)NC(=O)c2ccc(-n3cnnc3)cc2)CC1=O. The van der Waals surface area contributed by atoms with E-state index in [9.17, 15) is 18.8 Å². The number of carbonyl (C=O) groups is 3. The fourth-order valence-electron chi connectivity index (χ4n) is 4.88. The molecule has 0 radical (unpaired) electrons. The molecule has 0 spiro atoms. The van der Waals surface area contributed by atoms with Gasteiger partial charge in [0.1, 0.15) is 24.5 Å². The molecule has 3 atom stereocenters. The van der Waals surface area contributed by atoms with E-state index in [1.165, 1.54) is 17.0 Å². The Morgan fingerprint density at radius 2 is 1.77 bits per heavy atom. The Morgan fingerprint density at radius 3 is 2.46 bits per heavy atom. The molecule has 204 valence electrons. The highest BCUT2D eigenvalue weighted by atomic mass is 19.1. The van der Waals surface area contributed by atoms with Gasteiger partial charge in [-0.2, -0.15) is 0 Å². The third-order valence-electron chi connectivity index (χ3n) is 7.38. The van der Waals surface area contributed by atoms with Gasteiger partial charge in [-0.25, -0.2) is 4.39 Å². The summed E-state index contributed by atoms with van der Waals surface area (Å²) in [5, 5.41) is 14.0. The summed E-state index contributed by atoms with van der Waals surface area (Å²) in [5.41, 5.74) is 2.35. The minimum atomic E-state index is -0.750. The van der Waals surface area contributed by atoms with Crippen molar-refractivity contribution in [3.63, 3.8) is 0 Å². The van der Waals surface area contributed by atoms with Crippen molar-refractivity contribution in [3.05, 3.63) is 78.1 Å². The molecule has 10 nitrogen and oxygen atoms in total. The number of benzene rings is 2. The number of piperazine rings is 1. The minimum Gasteiger partial charge on any atom is -0.342 e. The van der Waals surface area contributed by atoms with E-state index >= 15 is 0 Å². The first-order valence-corrected chi connectivity index (χ1v) is 13.2. The van der Waals surface area contributed by atoms with E-state index in [0.29, 0.717) is 50.0 Å². The topological polar surface area (TPSA) is 112 Å². The number of halogens is 1. The third kappa shape index (κ3) is 6.48. The highest BCUT2D eigenvalue weighted by Crippen LogP contribution is 2.40. The summed E-state index contributed by atoms with van der Waals surface area (Å²) in [6, 6.07) is 13.1. The standard InChI is InChI=1S/C28H32FN7O3/c1-34-13-14-35(16-26(34)37)28(39)24(3-2-12-30-25-15-23(25)19-4-8-21(29)9-5-19)33-27(38)20-6-10-22(11-7-20)36-17-31-32-18-36/h4-11,17-18,23-25,30H,2-3,12-16H2,1H3,(H,33,38)/t23-,24-,25+/m0/s1. The number of hydrogen-bond donors (Lipinski definition) is 2. The van der Waals surface area contributed by atoms with Crippen LogP contribution < -0.4 is 10.6 Å². The van der Waals surface area contributed by atoms with E-state index in [0.717, 1.165) is 17.7 Å². The summed E-state index contributed by atoms with van der Waals surface area (Å²) >= 11 is 0. The smallest absolute Gasteiger partial charge is 0.251 e. The molecule has 39 heavy (non-hydrogen) atoms. The van der Waals surface area contributed by atoms with Crippen LogP contribution in [0, 0.1) is 5.82 Å². The van der Waals surface area contributed by atoms with Gasteiger partial charge in [0, 0.05) is 43.3 Å². The Morgan fingerprint density at radius 1 is 1.05 bits per heavy atom. The zero-order chi connectivity index (χ0) is 27.4. The molecule has 3 amide bonds. The lowest BCUT2D eigenvalue weighted by atomic mass is 10.1. The van der Waals surface area contributed by atoms with Gasteiger partial charge in [-0.15, -0.1) is 10.2 Å². The van der Waals surface area contributed by atoms with Gasteiger partial charge in [0.15, 0.2) is 0 Å². The molecule has 1 aliphatic carbocycles. The number of aromatic nitrogens is 3. The maximum Gasteiger partial charge on any atom is 0.251 e. The van der Waals surface area contributed by atoms with Crippen LogP contribution in [-0.4, -0.2) is 87.6 Å². The quantitative estimate of drug-likeness (QED) is 0.384. The molecule has 1 aromatic heterocycles. The van der Waals surface area contributed by atoms with Gasteiger partial charge >= 0.3 is 0 Å². The van der Waals surface area contributed by atoms with Crippen LogP contribution >= 0.6 is 0 Å². The number of carbonyl (C=O) groups excluding carboxylic acids is 3. The molecular weight excluding hydrogens is 501 g/mol. The Balaban J connectivity index is 1.18. The molecule has 2 fully saturated rings. The maximum atomic E-state index is 13.4. The van der Waals surface area contributed by atoms with Crippen molar-refractivity contribution in [1.29, 1.82) is 0 Å². The highest BCUT2D eigenvalue weighted by Gasteiger charge is 2.38. The molecule has 11 heteroatoms. The van der Waals surface area contributed by atoms with E-state index in [-0.39, 0.29) is 30.1 Å². The molecule has 2 aliphatic rings. The van der Waals surface area contributed by atoms with Crippen molar-refractivity contribution in [2.45, 2.75) is 37.3 Å². The van der Waals surface area contributed by atoms with Crippen molar-refractivity contribution < 1.29 is 18.8 Å². The molecule has 3 aromatic rings. The third-order valence-corrected chi connectivity index (χ3v) is 7.38. The van der Waals surface area contributed by atoms with E-state index in [1.807, 2.05) is 12.1 Å². The van der Waals surface area contributed by atoms with Crippen LogP contribution in [0.1, 0.15) is 41.1 Å². The van der Waals surface area contributed by atoms with Crippen molar-refractivity contribution in [1.82, 2.24) is 35.2 Å². The van der Waals surface area contributed by atoms with Crippen molar-refractivity contribution in [2.24, 2.45) is 0 Å². The first kappa shape index (κ1) is 26.5. The van der Waals surface area contributed by atoms with Gasteiger partial charge in [-0.05, 0) is 67.8 Å². The first-order chi connectivity index (χ1) is 18.9. The van der Waals surface area contributed by atoms with Gasteiger partial charge in [-0.3, -0.25) is 19.0 Å². The summed E-state index contributed by atoms with van der Waals surface area (Å²) in [6.07, 6.45) is 5.22. The number of hydrogen-bond acceptors (Lipinski definition) is 6. The van der Waals surface area contributed by atoms with Crippen molar-refractivity contribution in [2.75, 3.05) is 33.2 Å². The molecule has 0 bridgehead atoms. The predicted molar refractivity (Wildman–Crippen MR) is 142 cm³/mol. The number of nitrogens with zero attached hydrogens (tertiary/aromatic N) is 5. The van der Waals surface area contributed by atoms with Crippen LogP contribution in [0.3, 0.4) is 0 Å². The lowest BCUT2D eigenvalue weighted by Gasteiger charge is -2.34. The molecular formula is C28H32FN7O3. The second-order valence-corrected chi connectivity index (χ2v) is 10.1.